The molecule has 1 saturated heterocycles. The zero-order valence-electron chi connectivity index (χ0n) is 9.01. The SMILES string of the molecule is COC(=O)C1(Cl)OC1(C)C(C)(C)OC. The summed E-state index contributed by atoms with van der Waals surface area (Å²) in [4.78, 5) is 11.3. The van der Waals surface area contributed by atoms with Gasteiger partial charge in [0.05, 0.1) is 12.7 Å². The third kappa shape index (κ3) is 1.25. The number of halogens is 1. The summed E-state index contributed by atoms with van der Waals surface area (Å²) in [5.74, 6) is -0.591. The molecule has 0 aromatic rings. The lowest BCUT2D eigenvalue weighted by molar-refractivity contribution is -0.143. The van der Waals surface area contributed by atoms with Crippen LogP contribution in [-0.2, 0) is 19.0 Å². The number of carbonyl (C=O) groups excluding carboxylic acids is 1. The minimum absolute atomic E-state index is 0.591. The largest absolute Gasteiger partial charge is 0.466 e. The van der Waals surface area contributed by atoms with Crippen LogP contribution in [0.1, 0.15) is 20.8 Å². The Bertz CT molecular complexity index is 266. The summed E-state index contributed by atoms with van der Waals surface area (Å²) in [7, 11) is 2.82. The van der Waals surface area contributed by atoms with E-state index in [-0.39, 0.29) is 0 Å². The average Bonchev–Trinajstić information content (AvgIpc) is 2.72. The summed E-state index contributed by atoms with van der Waals surface area (Å²) in [6, 6.07) is 0. The number of esters is 1. The fraction of sp³-hybridized carbons (Fsp3) is 0.889. The van der Waals surface area contributed by atoms with Crippen LogP contribution in [-0.4, -0.2) is 36.5 Å². The van der Waals surface area contributed by atoms with Crippen LogP contribution in [0.25, 0.3) is 0 Å². The number of methoxy groups -OCH3 is 2. The van der Waals surface area contributed by atoms with Gasteiger partial charge in [0.1, 0.15) is 0 Å². The van der Waals surface area contributed by atoms with E-state index in [4.69, 9.17) is 21.1 Å². The zero-order chi connectivity index (χ0) is 11.2. The molecule has 0 spiro atoms. The Hall–Kier alpha value is -0.320. The van der Waals surface area contributed by atoms with Gasteiger partial charge in [0, 0.05) is 7.11 Å². The van der Waals surface area contributed by atoms with Crippen LogP contribution in [0.15, 0.2) is 0 Å². The van der Waals surface area contributed by atoms with E-state index < -0.39 is 22.2 Å². The molecule has 0 radical (unpaired) electrons. The number of hydrogen-bond donors (Lipinski definition) is 0. The highest BCUT2D eigenvalue weighted by atomic mass is 35.5. The summed E-state index contributed by atoms with van der Waals surface area (Å²) in [5.41, 5.74) is -1.51. The smallest absolute Gasteiger partial charge is 0.357 e. The molecule has 2 atom stereocenters. The van der Waals surface area contributed by atoms with Gasteiger partial charge in [-0.05, 0) is 20.8 Å². The summed E-state index contributed by atoms with van der Waals surface area (Å²) >= 11 is 5.99. The monoisotopic (exact) mass is 222 g/mol. The lowest BCUT2D eigenvalue weighted by atomic mass is 9.88. The molecule has 2 unspecified atom stereocenters. The van der Waals surface area contributed by atoms with E-state index in [0.717, 1.165) is 0 Å². The first-order chi connectivity index (χ1) is 6.25. The number of ether oxygens (including phenoxy) is 3. The van der Waals surface area contributed by atoms with E-state index in [1.54, 1.807) is 27.9 Å². The van der Waals surface area contributed by atoms with E-state index in [0.29, 0.717) is 0 Å². The van der Waals surface area contributed by atoms with E-state index in [1.807, 2.05) is 0 Å². The third-order valence-electron chi connectivity index (χ3n) is 3.02. The Kier molecular flexibility index (Phi) is 2.59. The fourth-order valence-electron chi connectivity index (χ4n) is 1.33. The number of epoxide rings is 1. The molecule has 0 aromatic heterocycles. The summed E-state index contributed by atoms with van der Waals surface area (Å²) < 4.78 is 15.1. The molecule has 82 valence electrons. The van der Waals surface area contributed by atoms with Gasteiger partial charge in [0.15, 0.2) is 5.60 Å². The van der Waals surface area contributed by atoms with E-state index in [9.17, 15) is 4.79 Å². The maximum Gasteiger partial charge on any atom is 0.357 e. The predicted octanol–water partition coefficient (Wildman–Crippen LogP) is 1.31. The van der Waals surface area contributed by atoms with Gasteiger partial charge in [-0.25, -0.2) is 4.79 Å². The lowest BCUT2D eigenvalue weighted by Crippen LogP contribution is -2.45. The minimum Gasteiger partial charge on any atom is -0.466 e. The molecule has 14 heavy (non-hydrogen) atoms. The highest BCUT2D eigenvalue weighted by Crippen LogP contribution is 2.58. The second-order valence-corrected chi connectivity index (χ2v) is 4.47. The van der Waals surface area contributed by atoms with Crippen LogP contribution >= 0.6 is 11.6 Å². The van der Waals surface area contributed by atoms with E-state index in [2.05, 4.69) is 4.74 Å². The molecule has 0 amide bonds. The van der Waals surface area contributed by atoms with Gasteiger partial charge in [-0.3, -0.25) is 0 Å². The van der Waals surface area contributed by atoms with Crippen molar-refractivity contribution in [3.63, 3.8) is 0 Å². The second kappa shape index (κ2) is 3.08. The zero-order valence-corrected chi connectivity index (χ0v) is 9.77. The van der Waals surface area contributed by atoms with E-state index >= 15 is 0 Å². The average molecular weight is 223 g/mol. The molecule has 0 bridgehead atoms. The van der Waals surface area contributed by atoms with Gasteiger partial charge >= 0.3 is 5.97 Å². The van der Waals surface area contributed by atoms with Gasteiger partial charge < -0.3 is 14.2 Å². The third-order valence-corrected chi connectivity index (χ3v) is 3.62. The minimum atomic E-state index is -1.42. The van der Waals surface area contributed by atoms with Crippen molar-refractivity contribution in [2.24, 2.45) is 0 Å². The molecular formula is C9H15ClO4. The number of alkyl halides is 1. The van der Waals surface area contributed by atoms with Crippen LogP contribution in [0.4, 0.5) is 0 Å². The predicted molar refractivity (Wildman–Crippen MR) is 51.2 cm³/mol. The van der Waals surface area contributed by atoms with Gasteiger partial charge in [0.25, 0.3) is 5.06 Å². The molecule has 0 saturated carbocycles. The normalized spacial score (nSPS) is 36.7. The molecule has 1 aliphatic heterocycles. The number of rotatable bonds is 3. The lowest BCUT2D eigenvalue weighted by Gasteiger charge is -2.28. The molecule has 5 heteroatoms. The van der Waals surface area contributed by atoms with Crippen molar-refractivity contribution in [2.45, 2.75) is 37.0 Å². The fourth-order valence-corrected chi connectivity index (χ4v) is 1.79. The highest BCUT2D eigenvalue weighted by Gasteiger charge is 2.78. The Morgan fingerprint density at radius 3 is 2.29 bits per heavy atom. The van der Waals surface area contributed by atoms with Crippen molar-refractivity contribution in [3.8, 4) is 0 Å². The van der Waals surface area contributed by atoms with Gasteiger partial charge in [-0.1, -0.05) is 11.6 Å². The number of hydrogen-bond acceptors (Lipinski definition) is 4. The maximum atomic E-state index is 11.3. The molecule has 1 aliphatic rings. The standard InChI is InChI=1S/C9H15ClO4/c1-7(2,13-5)8(3)9(10,14-8)6(11)12-4/h1-5H3. The van der Waals surface area contributed by atoms with Crippen molar-refractivity contribution in [1.29, 1.82) is 0 Å². The Labute approximate surface area is 88.5 Å². The van der Waals surface area contributed by atoms with Crippen LogP contribution in [0, 0.1) is 0 Å². The Morgan fingerprint density at radius 1 is 1.43 bits per heavy atom. The molecule has 0 aromatic carbocycles. The Morgan fingerprint density at radius 2 is 1.93 bits per heavy atom. The topological polar surface area (TPSA) is 48.1 Å². The molecule has 0 aliphatic carbocycles. The Balaban J connectivity index is 2.90. The molecule has 1 heterocycles. The van der Waals surface area contributed by atoms with Crippen LogP contribution < -0.4 is 0 Å². The molecule has 1 rings (SSSR count). The van der Waals surface area contributed by atoms with Crippen molar-refractivity contribution >= 4 is 17.6 Å². The van der Waals surface area contributed by atoms with E-state index in [1.165, 1.54) is 7.11 Å². The molecule has 4 nitrogen and oxygen atoms in total. The van der Waals surface area contributed by atoms with Crippen molar-refractivity contribution in [1.82, 2.24) is 0 Å². The van der Waals surface area contributed by atoms with Crippen molar-refractivity contribution in [2.75, 3.05) is 14.2 Å². The second-order valence-electron chi connectivity index (χ2n) is 3.94. The highest BCUT2D eigenvalue weighted by molar-refractivity contribution is 6.36. The molecular weight excluding hydrogens is 208 g/mol. The maximum absolute atomic E-state index is 11.3. The van der Waals surface area contributed by atoms with Gasteiger partial charge in [0.2, 0.25) is 0 Å². The van der Waals surface area contributed by atoms with Crippen molar-refractivity contribution < 1.29 is 19.0 Å². The first-order valence-corrected chi connectivity index (χ1v) is 4.65. The summed E-state index contributed by atoms with van der Waals surface area (Å²) in [5, 5.41) is -1.42. The van der Waals surface area contributed by atoms with Crippen LogP contribution in [0.2, 0.25) is 0 Å². The van der Waals surface area contributed by atoms with Crippen LogP contribution in [0.5, 0.6) is 0 Å². The summed E-state index contributed by atoms with van der Waals surface area (Å²) in [6.07, 6.45) is 0. The molecule has 1 fully saturated rings. The first-order valence-electron chi connectivity index (χ1n) is 4.28. The van der Waals surface area contributed by atoms with Crippen molar-refractivity contribution in [3.05, 3.63) is 0 Å². The first kappa shape index (κ1) is 11.8. The number of carbonyl (C=O) groups is 1. The summed E-state index contributed by atoms with van der Waals surface area (Å²) in [6.45, 7) is 5.33. The van der Waals surface area contributed by atoms with Crippen LogP contribution in [0.3, 0.4) is 0 Å². The molecule has 0 N–H and O–H groups in total. The quantitative estimate of drug-likeness (QED) is 0.410. The van der Waals surface area contributed by atoms with Gasteiger partial charge in [-0.2, -0.15) is 0 Å². The van der Waals surface area contributed by atoms with Gasteiger partial charge in [-0.15, -0.1) is 0 Å².